The van der Waals surface area contributed by atoms with Crippen molar-refractivity contribution in [2.75, 3.05) is 5.73 Å². The van der Waals surface area contributed by atoms with E-state index in [-0.39, 0.29) is 0 Å². The van der Waals surface area contributed by atoms with E-state index in [1.807, 2.05) is 35.8 Å². The number of aryl methyl sites for hydroxylation is 1. The summed E-state index contributed by atoms with van der Waals surface area (Å²) >= 11 is 6.88. The Kier molecular flexibility index (Phi) is 3.06. The summed E-state index contributed by atoms with van der Waals surface area (Å²) in [4.78, 5) is 8.74. The van der Waals surface area contributed by atoms with E-state index in [4.69, 9.17) is 5.73 Å². The molecule has 1 aromatic carbocycles. The summed E-state index contributed by atoms with van der Waals surface area (Å²) in [6, 6.07) is 7.99. The third-order valence-electron chi connectivity index (χ3n) is 2.77. The molecule has 96 valence electrons. The molecule has 0 spiro atoms. The third-order valence-corrected chi connectivity index (χ3v) is 3.67. The molecule has 4 nitrogen and oxygen atoms in total. The van der Waals surface area contributed by atoms with E-state index in [0.29, 0.717) is 5.95 Å². The van der Waals surface area contributed by atoms with Crippen LogP contribution in [0, 0.1) is 6.92 Å². The summed E-state index contributed by atoms with van der Waals surface area (Å²) in [7, 11) is 0. The second-order valence-electron chi connectivity index (χ2n) is 4.29. The number of pyridine rings is 1. The molecule has 0 aliphatic heterocycles. The van der Waals surface area contributed by atoms with Gasteiger partial charge in [0.1, 0.15) is 5.52 Å². The van der Waals surface area contributed by atoms with E-state index in [9.17, 15) is 0 Å². The molecule has 3 aromatic rings. The van der Waals surface area contributed by atoms with Crippen molar-refractivity contribution in [1.82, 2.24) is 14.5 Å². The molecule has 0 amide bonds. The summed E-state index contributed by atoms with van der Waals surface area (Å²) in [5, 5.41) is 0. The highest BCUT2D eigenvalue weighted by atomic mass is 79.9. The number of halogens is 2. The maximum Gasteiger partial charge on any atom is 0.207 e. The zero-order chi connectivity index (χ0) is 13.6. The first-order valence-electron chi connectivity index (χ1n) is 5.61. The van der Waals surface area contributed by atoms with E-state index < -0.39 is 0 Å². The SMILES string of the molecule is Cc1cc(Br)cc(-n2c(N)nc3cc(Br)cnc32)c1. The molecule has 0 aliphatic rings. The van der Waals surface area contributed by atoms with Crippen LogP contribution in [0.4, 0.5) is 5.95 Å². The highest BCUT2D eigenvalue weighted by Crippen LogP contribution is 2.26. The van der Waals surface area contributed by atoms with Crippen LogP contribution in [0.2, 0.25) is 0 Å². The first-order chi connectivity index (χ1) is 9.04. The predicted octanol–water partition coefficient (Wildman–Crippen LogP) is 3.84. The van der Waals surface area contributed by atoms with Crippen LogP contribution in [-0.2, 0) is 0 Å². The van der Waals surface area contributed by atoms with Gasteiger partial charge in [-0.2, -0.15) is 0 Å². The fraction of sp³-hybridized carbons (Fsp3) is 0.0769. The largest absolute Gasteiger partial charge is 0.369 e. The molecule has 0 saturated carbocycles. The van der Waals surface area contributed by atoms with Gasteiger partial charge in [-0.05, 0) is 52.7 Å². The number of benzene rings is 1. The Hall–Kier alpha value is -1.40. The van der Waals surface area contributed by atoms with Gasteiger partial charge in [0.05, 0.1) is 5.69 Å². The maximum absolute atomic E-state index is 6.02. The number of hydrogen-bond donors (Lipinski definition) is 1. The van der Waals surface area contributed by atoms with Gasteiger partial charge in [-0.1, -0.05) is 15.9 Å². The molecule has 0 radical (unpaired) electrons. The van der Waals surface area contributed by atoms with E-state index in [1.165, 1.54) is 0 Å². The lowest BCUT2D eigenvalue weighted by Gasteiger charge is -2.07. The van der Waals surface area contributed by atoms with Crippen LogP contribution >= 0.6 is 31.9 Å². The summed E-state index contributed by atoms with van der Waals surface area (Å²) in [5.41, 5.74) is 9.62. The molecule has 19 heavy (non-hydrogen) atoms. The van der Waals surface area contributed by atoms with E-state index >= 15 is 0 Å². The van der Waals surface area contributed by atoms with E-state index in [2.05, 4.69) is 41.8 Å². The van der Waals surface area contributed by atoms with Crippen molar-refractivity contribution in [2.24, 2.45) is 0 Å². The second kappa shape index (κ2) is 4.61. The van der Waals surface area contributed by atoms with Crippen LogP contribution in [-0.4, -0.2) is 14.5 Å². The molecule has 0 fully saturated rings. The Bertz CT molecular complexity index is 759. The Balaban J connectivity index is 2.32. The first kappa shape index (κ1) is 12.6. The van der Waals surface area contributed by atoms with Crippen LogP contribution in [0.1, 0.15) is 5.56 Å². The number of anilines is 1. The normalized spacial score (nSPS) is 11.1. The van der Waals surface area contributed by atoms with Crippen molar-refractivity contribution >= 4 is 49.0 Å². The number of nitrogens with two attached hydrogens (primary N) is 1. The molecule has 6 heteroatoms. The molecular weight excluding hydrogens is 372 g/mol. The molecule has 2 heterocycles. The van der Waals surface area contributed by atoms with Crippen molar-refractivity contribution in [3.05, 3.63) is 45.0 Å². The minimum absolute atomic E-state index is 0.429. The highest BCUT2D eigenvalue weighted by molar-refractivity contribution is 9.10. The van der Waals surface area contributed by atoms with Gasteiger partial charge in [0.25, 0.3) is 0 Å². The van der Waals surface area contributed by atoms with Crippen LogP contribution < -0.4 is 5.73 Å². The lowest BCUT2D eigenvalue weighted by atomic mass is 10.2. The average molecular weight is 382 g/mol. The number of nitrogen functional groups attached to an aromatic ring is 1. The molecule has 3 rings (SSSR count). The van der Waals surface area contributed by atoms with Gasteiger partial charge in [-0.15, -0.1) is 0 Å². The number of nitrogens with zero attached hydrogens (tertiary/aromatic N) is 3. The predicted molar refractivity (Wildman–Crippen MR) is 83.4 cm³/mol. The van der Waals surface area contributed by atoms with Gasteiger partial charge in [0, 0.05) is 15.1 Å². The lowest BCUT2D eigenvalue weighted by molar-refractivity contribution is 1.08. The fourth-order valence-corrected chi connectivity index (χ4v) is 2.97. The van der Waals surface area contributed by atoms with Gasteiger partial charge in [-0.3, -0.25) is 4.57 Å². The topological polar surface area (TPSA) is 56.7 Å². The van der Waals surface area contributed by atoms with Crippen LogP contribution in [0.5, 0.6) is 0 Å². The van der Waals surface area contributed by atoms with Crippen molar-refractivity contribution in [2.45, 2.75) is 6.92 Å². The molecule has 0 unspecified atom stereocenters. The van der Waals surface area contributed by atoms with Crippen molar-refractivity contribution in [1.29, 1.82) is 0 Å². The lowest BCUT2D eigenvalue weighted by Crippen LogP contribution is -2.01. The first-order valence-corrected chi connectivity index (χ1v) is 7.20. The molecule has 2 N–H and O–H groups in total. The minimum Gasteiger partial charge on any atom is -0.369 e. The van der Waals surface area contributed by atoms with Crippen molar-refractivity contribution < 1.29 is 0 Å². The number of hydrogen-bond acceptors (Lipinski definition) is 3. The Morgan fingerprint density at radius 3 is 2.63 bits per heavy atom. The zero-order valence-corrected chi connectivity index (χ0v) is 13.2. The van der Waals surface area contributed by atoms with Crippen LogP contribution in [0.15, 0.2) is 39.4 Å². The number of aromatic nitrogens is 3. The number of rotatable bonds is 1. The smallest absolute Gasteiger partial charge is 0.207 e. The Morgan fingerprint density at radius 2 is 1.89 bits per heavy atom. The second-order valence-corrected chi connectivity index (χ2v) is 6.12. The summed E-state index contributed by atoms with van der Waals surface area (Å²) in [5.74, 6) is 0.429. The Labute approximate surface area is 126 Å². The van der Waals surface area contributed by atoms with Crippen LogP contribution in [0.25, 0.3) is 16.9 Å². The highest BCUT2D eigenvalue weighted by Gasteiger charge is 2.12. The quantitative estimate of drug-likeness (QED) is 0.696. The molecule has 0 bridgehead atoms. The zero-order valence-electron chi connectivity index (χ0n) is 10.1. The van der Waals surface area contributed by atoms with E-state index in [0.717, 1.165) is 31.4 Å². The molecule has 0 aliphatic carbocycles. The van der Waals surface area contributed by atoms with Gasteiger partial charge in [-0.25, -0.2) is 9.97 Å². The minimum atomic E-state index is 0.429. The van der Waals surface area contributed by atoms with E-state index in [1.54, 1.807) is 6.20 Å². The summed E-state index contributed by atoms with van der Waals surface area (Å²) in [6.07, 6.45) is 1.74. The van der Waals surface area contributed by atoms with Crippen LogP contribution in [0.3, 0.4) is 0 Å². The Morgan fingerprint density at radius 1 is 1.11 bits per heavy atom. The fourth-order valence-electron chi connectivity index (χ4n) is 2.06. The summed E-state index contributed by atoms with van der Waals surface area (Å²) in [6.45, 7) is 2.04. The van der Waals surface area contributed by atoms with Gasteiger partial charge >= 0.3 is 0 Å². The molecule has 2 aromatic heterocycles. The molecule has 0 saturated heterocycles. The summed E-state index contributed by atoms with van der Waals surface area (Å²) < 4.78 is 3.73. The van der Waals surface area contributed by atoms with Gasteiger partial charge < -0.3 is 5.73 Å². The monoisotopic (exact) mass is 380 g/mol. The van der Waals surface area contributed by atoms with Crippen molar-refractivity contribution in [3.8, 4) is 5.69 Å². The van der Waals surface area contributed by atoms with Gasteiger partial charge in [0.2, 0.25) is 5.95 Å². The molecular formula is C13H10Br2N4. The van der Waals surface area contributed by atoms with Crippen molar-refractivity contribution in [3.63, 3.8) is 0 Å². The maximum atomic E-state index is 6.02. The number of fused-ring (bicyclic) bond motifs is 1. The standard InChI is InChI=1S/C13H10Br2N4/c1-7-2-8(14)4-10(3-7)19-12-11(18-13(19)16)5-9(15)6-17-12/h2-6H,1H3,(H2,16,18). The molecule has 0 atom stereocenters. The third kappa shape index (κ3) is 2.26. The van der Waals surface area contributed by atoms with Gasteiger partial charge in [0.15, 0.2) is 5.65 Å². The number of imidazole rings is 1. The average Bonchev–Trinajstić information content (AvgIpc) is 2.62.